The van der Waals surface area contributed by atoms with Crippen molar-refractivity contribution in [3.63, 3.8) is 0 Å². The molecule has 2 aromatic rings. The average Bonchev–Trinajstić information content (AvgIpc) is 2.58. The summed E-state index contributed by atoms with van der Waals surface area (Å²) in [5, 5.41) is 12.1. The summed E-state index contributed by atoms with van der Waals surface area (Å²) in [6.07, 6.45) is 0. The van der Waals surface area contributed by atoms with Gasteiger partial charge in [0.1, 0.15) is 11.4 Å². The third-order valence-electron chi connectivity index (χ3n) is 3.54. The predicted molar refractivity (Wildman–Crippen MR) is 115 cm³/mol. The van der Waals surface area contributed by atoms with E-state index in [4.69, 9.17) is 0 Å². The fourth-order valence-corrected chi connectivity index (χ4v) is 2.26. The molecule has 0 heterocycles. The summed E-state index contributed by atoms with van der Waals surface area (Å²) in [4.78, 5) is 35.8. The van der Waals surface area contributed by atoms with E-state index in [9.17, 15) is 24.1 Å². The number of amides is 2. The molecular weight excluding hydrogens is 448 g/mol. The molecule has 0 saturated heterocycles. The van der Waals surface area contributed by atoms with Crippen LogP contribution in [0.1, 0.15) is 41.5 Å². The fraction of sp³-hybridized carbons (Fsp3) is 0.222. The third-order valence-corrected chi connectivity index (χ3v) is 3.54. The largest absolute Gasteiger partial charge is 0.282 e. The Morgan fingerprint density at radius 2 is 1.45 bits per heavy atom. The molecular formula is C18H21Cl3FN3O4. The number of rotatable bonds is 3. The molecule has 0 saturated carbocycles. The van der Waals surface area contributed by atoms with Crippen molar-refractivity contribution in [1.82, 2.24) is 10.4 Å². The van der Waals surface area contributed by atoms with Gasteiger partial charge in [0.25, 0.3) is 17.5 Å². The van der Waals surface area contributed by atoms with Gasteiger partial charge in [-0.1, -0.05) is 24.3 Å². The topological polar surface area (TPSA) is 92.6 Å². The van der Waals surface area contributed by atoms with E-state index in [-0.39, 0.29) is 54.0 Å². The van der Waals surface area contributed by atoms with Crippen LogP contribution in [-0.2, 0) is 0 Å². The molecule has 0 spiro atoms. The van der Waals surface area contributed by atoms with Crippen molar-refractivity contribution in [2.24, 2.45) is 0 Å². The first kappa shape index (κ1) is 28.8. The molecule has 0 aliphatic carbocycles. The van der Waals surface area contributed by atoms with Crippen molar-refractivity contribution in [2.45, 2.75) is 26.3 Å². The lowest BCUT2D eigenvalue weighted by Gasteiger charge is -2.35. The highest BCUT2D eigenvalue weighted by atomic mass is 35.5. The Balaban J connectivity index is 0. The van der Waals surface area contributed by atoms with Crippen molar-refractivity contribution in [1.29, 1.82) is 0 Å². The first-order valence-corrected chi connectivity index (χ1v) is 7.76. The van der Waals surface area contributed by atoms with Crippen LogP contribution in [0.2, 0.25) is 0 Å². The van der Waals surface area contributed by atoms with Crippen LogP contribution < -0.4 is 5.43 Å². The van der Waals surface area contributed by atoms with Crippen LogP contribution in [0.4, 0.5) is 10.1 Å². The molecule has 0 atom stereocenters. The lowest BCUT2D eigenvalue weighted by molar-refractivity contribution is -0.385. The number of hydrazine groups is 1. The van der Waals surface area contributed by atoms with E-state index in [2.05, 4.69) is 5.43 Å². The van der Waals surface area contributed by atoms with Crippen molar-refractivity contribution in [3.05, 3.63) is 75.6 Å². The Bertz CT molecular complexity index is 875. The van der Waals surface area contributed by atoms with Crippen LogP contribution in [0, 0.1) is 15.9 Å². The summed E-state index contributed by atoms with van der Waals surface area (Å²) < 4.78 is 13.8. The van der Waals surface area contributed by atoms with Gasteiger partial charge < -0.3 is 0 Å². The number of hydrogen-bond donors (Lipinski definition) is 1. The summed E-state index contributed by atoms with van der Waals surface area (Å²) in [5.74, 6) is -2.34. The van der Waals surface area contributed by atoms with Gasteiger partial charge >= 0.3 is 0 Å². The Labute approximate surface area is 186 Å². The van der Waals surface area contributed by atoms with Crippen LogP contribution in [0.25, 0.3) is 0 Å². The standard InChI is InChI=1S/C18H18FN3O4.3ClH/c1-18(2,3)21(20-16(23)12-8-4-6-10-14(12)19)17(24)13-9-5-7-11-15(13)22(25)26;;;/h4-11H,1-3H3,(H,20,23);3*1H. The Morgan fingerprint density at radius 3 is 1.93 bits per heavy atom. The monoisotopic (exact) mass is 467 g/mol. The number of benzene rings is 2. The summed E-state index contributed by atoms with van der Waals surface area (Å²) >= 11 is 0. The van der Waals surface area contributed by atoms with Gasteiger partial charge in [0.05, 0.1) is 16.0 Å². The molecule has 0 bridgehead atoms. The molecule has 0 radical (unpaired) electrons. The predicted octanol–water partition coefficient (Wildman–Crippen LogP) is 4.59. The number of hydrogen-bond acceptors (Lipinski definition) is 4. The van der Waals surface area contributed by atoms with Crippen LogP contribution >= 0.6 is 37.2 Å². The van der Waals surface area contributed by atoms with Gasteiger partial charge in [0.2, 0.25) is 0 Å². The highest BCUT2D eigenvalue weighted by molar-refractivity contribution is 6.01. The molecule has 11 heteroatoms. The zero-order chi connectivity index (χ0) is 19.5. The van der Waals surface area contributed by atoms with Gasteiger partial charge in [-0.05, 0) is 39.0 Å². The van der Waals surface area contributed by atoms with E-state index in [1.807, 2.05) is 0 Å². The van der Waals surface area contributed by atoms with Crippen molar-refractivity contribution in [2.75, 3.05) is 0 Å². The molecule has 160 valence electrons. The number of nitro benzene ring substituents is 1. The lowest BCUT2D eigenvalue weighted by atomic mass is 10.1. The summed E-state index contributed by atoms with van der Waals surface area (Å²) in [6, 6.07) is 10.8. The first-order chi connectivity index (χ1) is 12.1. The number of carbonyl (C=O) groups is 2. The normalized spacial score (nSPS) is 9.79. The second-order valence-corrected chi connectivity index (χ2v) is 6.51. The summed E-state index contributed by atoms with van der Waals surface area (Å²) in [7, 11) is 0. The van der Waals surface area contributed by atoms with Crippen LogP contribution in [0.5, 0.6) is 0 Å². The number of nitrogens with one attached hydrogen (secondary N) is 1. The summed E-state index contributed by atoms with van der Waals surface area (Å²) in [6.45, 7) is 4.92. The molecule has 2 amide bonds. The molecule has 0 aliphatic rings. The maximum atomic E-state index is 13.8. The maximum Gasteiger partial charge on any atom is 0.282 e. The van der Waals surface area contributed by atoms with Gasteiger partial charge in [-0.15, -0.1) is 37.2 Å². The second kappa shape index (κ2) is 11.5. The zero-order valence-electron chi connectivity index (χ0n) is 15.7. The van der Waals surface area contributed by atoms with Crippen molar-refractivity contribution < 1.29 is 18.9 Å². The molecule has 0 fully saturated rings. The minimum atomic E-state index is -0.915. The Morgan fingerprint density at radius 1 is 0.966 bits per heavy atom. The maximum absolute atomic E-state index is 13.8. The van der Waals surface area contributed by atoms with E-state index in [0.29, 0.717) is 0 Å². The van der Waals surface area contributed by atoms with Gasteiger partial charge in [0, 0.05) is 6.07 Å². The average molecular weight is 469 g/mol. The molecule has 0 aromatic heterocycles. The number of nitrogens with zero attached hydrogens (tertiary/aromatic N) is 2. The van der Waals surface area contributed by atoms with E-state index < -0.39 is 28.1 Å². The molecule has 0 aliphatic heterocycles. The first-order valence-electron chi connectivity index (χ1n) is 7.76. The van der Waals surface area contributed by atoms with E-state index in [0.717, 1.165) is 11.1 Å². The van der Waals surface area contributed by atoms with E-state index in [1.54, 1.807) is 20.8 Å². The number of halogens is 4. The van der Waals surface area contributed by atoms with Crippen LogP contribution in [-0.4, -0.2) is 27.3 Å². The Kier molecular flexibility index (Phi) is 11.5. The SMILES string of the molecule is CC(C)(C)N(NC(=O)c1ccccc1F)C(=O)c1ccccc1[N+](=O)[O-].Cl.Cl.Cl. The molecule has 2 aromatic carbocycles. The molecule has 2 rings (SSSR count). The van der Waals surface area contributed by atoms with Gasteiger partial charge in [-0.3, -0.25) is 25.1 Å². The second-order valence-electron chi connectivity index (χ2n) is 6.51. The van der Waals surface area contributed by atoms with Gasteiger partial charge in [-0.25, -0.2) is 9.40 Å². The summed E-state index contributed by atoms with van der Waals surface area (Å²) in [5.41, 5.74) is 0.645. The molecule has 29 heavy (non-hydrogen) atoms. The smallest absolute Gasteiger partial charge is 0.267 e. The molecule has 0 unspecified atom stereocenters. The molecule has 1 N–H and O–H groups in total. The number of carbonyl (C=O) groups excluding carboxylic acids is 2. The van der Waals surface area contributed by atoms with Crippen LogP contribution in [0.15, 0.2) is 48.5 Å². The number of nitro groups is 1. The molecule has 7 nitrogen and oxygen atoms in total. The van der Waals surface area contributed by atoms with Gasteiger partial charge in [-0.2, -0.15) is 0 Å². The Hall–Kier alpha value is -2.42. The van der Waals surface area contributed by atoms with Crippen molar-refractivity contribution >= 4 is 54.7 Å². The minimum absolute atomic E-state index is 0. The van der Waals surface area contributed by atoms with E-state index in [1.165, 1.54) is 42.5 Å². The minimum Gasteiger partial charge on any atom is -0.267 e. The lowest BCUT2D eigenvalue weighted by Crippen LogP contribution is -2.56. The highest BCUT2D eigenvalue weighted by Gasteiger charge is 2.33. The van der Waals surface area contributed by atoms with Gasteiger partial charge in [0.15, 0.2) is 0 Å². The van der Waals surface area contributed by atoms with Crippen LogP contribution in [0.3, 0.4) is 0 Å². The quantitative estimate of drug-likeness (QED) is 0.527. The zero-order valence-corrected chi connectivity index (χ0v) is 18.2. The van der Waals surface area contributed by atoms with E-state index >= 15 is 0 Å². The third kappa shape index (κ3) is 6.85. The van der Waals surface area contributed by atoms with Crippen molar-refractivity contribution in [3.8, 4) is 0 Å². The fourth-order valence-electron chi connectivity index (χ4n) is 2.26. The number of para-hydroxylation sites is 1. The highest BCUT2D eigenvalue weighted by Crippen LogP contribution is 2.23.